The molecule has 0 spiro atoms. The normalized spacial score (nSPS) is 11.1. The Morgan fingerprint density at radius 3 is 2.55 bits per heavy atom. The van der Waals surface area contributed by atoms with E-state index in [0.29, 0.717) is 16.2 Å². The Bertz CT molecular complexity index is 969. The van der Waals surface area contributed by atoms with Gasteiger partial charge in [-0.2, -0.15) is 18.4 Å². The number of anilines is 1. The molecule has 0 saturated heterocycles. The minimum absolute atomic E-state index is 0.0569. The van der Waals surface area contributed by atoms with Gasteiger partial charge in [-0.3, -0.25) is 4.79 Å². The van der Waals surface area contributed by atoms with Gasteiger partial charge in [-0.15, -0.1) is 0 Å². The number of amides is 1. The van der Waals surface area contributed by atoms with Crippen LogP contribution in [0.3, 0.4) is 0 Å². The van der Waals surface area contributed by atoms with Crippen molar-refractivity contribution in [3.8, 4) is 11.8 Å². The second-order valence-corrected chi connectivity index (χ2v) is 7.44. The first-order valence-corrected chi connectivity index (χ1v) is 9.61. The fourth-order valence-electron chi connectivity index (χ4n) is 2.48. The molecule has 5 nitrogen and oxygen atoms in total. The monoisotopic (exact) mass is 423 g/mol. The molecule has 1 amide bonds. The van der Waals surface area contributed by atoms with Gasteiger partial charge in [-0.25, -0.2) is 4.98 Å². The number of nitriles is 1. The SMILES string of the molecule is Cc1ccc(NC(=O)CSc2nc(C)c(C)c(C)c2C#N)c(OCC(F)(F)F)c1. The Morgan fingerprint density at radius 2 is 1.93 bits per heavy atom. The van der Waals surface area contributed by atoms with Crippen molar-refractivity contribution in [1.29, 1.82) is 5.26 Å². The first kappa shape index (κ1) is 22.6. The zero-order valence-corrected chi connectivity index (χ0v) is 17.2. The summed E-state index contributed by atoms with van der Waals surface area (Å²) in [4.78, 5) is 16.7. The molecule has 0 radical (unpaired) electrons. The van der Waals surface area contributed by atoms with E-state index in [1.54, 1.807) is 13.0 Å². The van der Waals surface area contributed by atoms with E-state index in [1.165, 1.54) is 12.1 Å². The molecule has 1 N–H and O–H groups in total. The number of hydrogen-bond acceptors (Lipinski definition) is 5. The van der Waals surface area contributed by atoms with E-state index in [4.69, 9.17) is 4.74 Å². The lowest BCUT2D eigenvalue weighted by Gasteiger charge is -2.15. The molecule has 1 heterocycles. The number of aryl methyl sites for hydroxylation is 2. The van der Waals surface area contributed by atoms with Crippen LogP contribution in [0, 0.1) is 39.0 Å². The van der Waals surface area contributed by atoms with E-state index in [-0.39, 0.29) is 17.2 Å². The van der Waals surface area contributed by atoms with Crippen LogP contribution in [-0.4, -0.2) is 29.4 Å². The molecule has 0 aliphatic carbocycles. The van der Waals surface area contributed by atoms with Crippen LogP contribution in [0.25, 0.3) is 0 Å². The molecule has 154 valence electrons. The maximum Gasteiger partial charge on any atom is 0.422 e. The number of hydrogen-bond donors (Lipinski definition) is 1. The van der Waals surface area contributed by atoms with Crippen LogP contribution in [0.5, 0.6) is 5.75 Å². The minimum Gasteiger partial charge on any atom is -0.482 e. The molecule has 0 fully saturated rings. The van der Waals surface area contributed by atoms with Gasteiger partial charge in [-0.05, 0) is 56.5 Å². The minimum atomic E-state index is -4.48. The Morgan fingerprint density at radius 1 is 1.24 bits per heavy atom. The number of rotatable bonds is 6. The number of alkyl halides is 3. The molecule has 0 atom stereocenters. The summed E-state index contributed by atoms with van der Waals surface area (Å²) in [6.45, 7) is 5.78. The van der Waals surface area contributed by atoms with Crippen LogP contribution >= 0.6 is 11.8 Å². The van der Waals surface area contributed by atoms with Crippen LogP contribution in [-0.2, 0) is 4.79 Å². The summed E-state index contributed by atoms with van der Waals surface area (Å²) in [5.74, 6) is -0.563. The van der Waals surface area contributed by atoms with E-state index >= 15 is 0 Å². The highest BCUT2D eigenvalue weighted by molar-refractivity contribution is 8.00. The molecular weight excluding hydrogens is 403 g/mol. The molecule has 2 aromatic rings. The highest BCUT2D eigenvalue weighted by Crippen LogP contribution is 2.29. The highest BCUT2D eigenvalue weighted by atomic mass is 32.2. The van der Waals surface area contributed by atoms with Gasteiger partial charge in [0, 0.05) is 5.69 Å². The molecule has 9 heteroatoms. The van der Waals surface area contributed by atoms with Crippen molar-refractivity contribution in [2.24, 2.45) is 0 Å². The Labute approximate surface area is 171 Å². The molecule has 0 bridgehead atoms. The van der Waals surface area contributed by atoms with Gasteiger partial charge in [0.25, 0.3) is 0 Å². The summed E-state index contributed by atoms with van der Waals surface area (Å²) in [6, 6.07) is 6.68. The number of carbonyl (C=O) groups excluding carboxylic acids is 1. The number of nitrogens with one attached hydrogen (secondary N) is 1. The van der Waals surface area contributed by atoms with Gasteiger partial charge in [0.05, 0.1) is 17.0 Å². The number of ether oxygens (including phenoxy) is 1. The van der Waals surface area contributed by atoms with Crippen molar-refractivity contribution in [3.05, 3.63) is 46.1 Å². The summed E-state index contributed by atoms with van der Waals surface area (Å²) in [6.07, 6.45) is -4.48. The van der Waals surface area contributed by atoms with Crippen LogP contribution in [0.1, 0.15) is 27.9 Å². The largest absolute Gasteiger partial charge is 0.482 e. The summed E-state index contributed by atoms with van der Waals surface area (Å²) >= 11 is 1.10. The van der Waals surface area contributed by atoms with Gasteiger partial charge < -0.3 is 10.1 Å². The number of benzene rings is 1. The molecule has 0 saturated carbocycles. The summed E-state index contributed by atoms with van der Waals surface area (Å²) in [7, 11) is 0. The van der Waals surface area contributed by atoms with E-state index in [9.17, 15) is 23.2 Å². The van der Waals surface area contributed by atoms with Crippen molar-refractivity contribution in [2.45, 2.75) is 38.9 Å². The molecule has 29 heavy (non-hydrogen) atoms. The van der Waals surface area contributed by atoms with E-state index < -0.39 is 18.7 Å². The van der Waals surface area contributed by atoms with Crippen molar-refractivity contribution in [3.63, 3.8) is 0 Å². The van der Waals surface area contributed by atoms with Crippen LogP contribution in [0.4, 0.5) is 18.9 Å². The maximum atomic E-state index is 12.5. The van der Waals surface area contributed by atoms with Crippen LogP contribution in [0.15, 0.2) is 23.2 Å². The molecule has 0 aliphatic rings. The molecule has 0 unspecified atom stereocenters. The van der Waals surface area contributed by atoms with Gasteiger partial charge in [-0.1, -0.05) is 17.8 Å². The van der Waals surface area contributed by atoms with Gasteiger partial charge in [0.2, 0.25) is 5.91 Å². The van der Waals surface area contributed by atoms with E-state index in [1.807, 2.05) is 20.8 Å². The number of nitrogens with zero attached hydrogens (tertiary/aromatic N) is 2. The topological polar surface area (TPSA) is 75.0 Å². The number of halogens is 3. The average molecular weight is 423 g/mol. The lowest BCUT2D eigenvalue weighted by Crippen LogP contribution is -2.21. The number of pyridine rings is 1. The summed E-state index contributed by atoms with van der Waals surface area (Å²) < 4.78 is 42.2. The zero-order chi connectivity index (χ0) is 21.8. The number of thioether (sulfide) groups is 1. The van der Waals surface area contributed by atoms with Gasteiger partial charge >= 0.3 is 6.18 Å². The second-order valence-electron chi connectivity index (χ2n) is 6.48. The van der Waals surface area contributed by atoms with Crippen molar-refractivity contribution in [2.75, 3.05) is 17.7 Å². The Kier molecular flexibility index (Phi) is 7.14. The highest BCUT2D eigenvalue weighted by Gasteiger charge is 2.29. The Balaban J connectivity index is 2.12. The third-order valence-electron chi connectivity index (χ3n) is 4.22. The smallest absolute Gasteiger partial charge is 0.422 e. The number of carbonyl (C=O) groups is 1. The zero-order valence-electron chi connectivity index (χ0n) is 16.4. The molecule has 2 rings (SSSR count). The summed E-state index contributed by atoms with van der Waals surface area (Å²) in [5, 5.41) is 12.4. The van der Waals surface area contributed by atoms with Crippen molar-refractivity contribution < 1.29 is 22.7 Å². The summed E-state index contributed by atoms with van der Waals surface area (Å²) in [5.41, 5.74) is 3.75. The van der Waals surface area contributed by atoms with Gasteiger partial charge in [0.1, 0.15) is 16.8 Å². The molecule has 1 aromatic heterocycles. The first-order chi connectivity index (χ1) is 13.5. The number of aromatic nitrogens is 1. The lowest BCUT2D eigenvalue weighted by molar-refractivity contribution is -0.153. The quantitative estimate of drug-likeness (QED) is 0.672. The maximum absolute atomic E-state index is 12.5. The fraction of sp³-hybridized carbons (Fsp3) is 0.350. The van der Waals surface area contributed by atoms with E-state index in [2.05, 4.69) is 16.4 Å². The average Bonchev–Trinajstić information content (AvgIpc) is 2.64. The van der Waals surface area contributed by atoms with Crippen LogP contribution in [0.2, 0.25) is 0 Å². The first-order valence-electron chi connectivity index (χ1n) is 8.62. The Hall–Kier alpha value is -2.73. The standard InChI is InChI=1S/C20H20F3N3O2S/c1-11-5-6-16(17(7-11)28-10-20(21,22)23)26-18(27)9-29-19-15(8-24)13(3)12(2)14(4)25-19/h5-7H,9-10H2,1-4H3,(H,26,27). The second kappa shape index (κ2) is 9.18. The van der Waals surface area contributed by atoms with E-state index in [0.717, 1.165) is 28.6 Å². The third kappa shape index (κ3) is 6.12. The van der Waals surface area contributed by atoms with Crippen molar-refractivity contribution in [1.82, 2.24) is 4.98 Å². The lowest BCUT2D eigenvalue weighted by atomic mass is 10.1. The van der Waals surface area contributed by atoms with Gasteiger partial charge in [0.15, 0.2) is 6.61 Å². The fourth-order valence-corrected chi connectivity index (χ4v) is 3.36. The molecule has 0 aliphatic heterocycles. The third-order valence-corrected chi connectivity index (χ3v) is 5.19. The predicted octanol–water partition coefficient (Wildman–Crippen LogP) is 4.86. The molecule has 1 aromatic carbocycles. The predicted molar refractivity (Wildman–Crippen MR) is 105 cm³/mol. The molecular formula is C20H20F3N3O2S. The van der Waals surface area contributed by atoms with Crippen molar-refractivity contribution >= 4 is 23.4 Å². The van der Waals surface area contributed by atoms with Crippen LogP contribution < -0.4 is 10.1 Å².